The van der Waals surface area contributed by atoms with Gasteiger partial charge in [0.25, 0.3) is 5.91 Å². The lowest BCUT2D eigenvalue weighted by Gasteiger charge is -2.25. The minimum atomic E-state index is -0.187. The van der Waals surface area contributed by atoms with E-state index in [1.54, 1.807) is 4.90 Å². The molecular weight excluding hydrogens is 268 g/mol. The topological polar surface area (TPSA) is 88.2 Å². The van der Waals surface area contributed by atoms with Crippen LogP contribution in [0.1, 0.15) is 48.5 Å². The number of carbonyl (C=O) groups is 1. The fourth-order valence-electron chi connectivity index (χ4n) is 2.18. The summed E-state index contributed by atoms with van der Waals surface area (Å²) >= 11 is 0. The summed E-state index contributed by atoms with van der Waals surface area (Å²) in [6.07, 6.45) is 0.713. The Hall–Kier alpha value is -2.24. The molecule has 0 aliphatic carbocycles. The molecule has 2 aromatic heterocycles. The molecule has 6 nitrogen and oxygen atoms in total. The Morgan fingerprint density at radius 2 is 2.19 bits per heavy atom. The third kappa shape index (κ3) is 3.09. The number of rotatable bonds is 5. The number of nitrogens with two attached hydrogens (primary N) is 1. The van der Waals surface area contributed by atoms with E-state index in [1.165, 1.54) is 0 Å². The molecule has 0 aromatic carbocycles. The van der Waals surface area contributed by atoms with Crippen molar-refractivity contribution in [3.05, 3.63) is 35.0 Å². The first kappa shape index (κ1) is 15.2. The second-order valence-electron chi connectivity index (χ2n) is 5.36. The Labute approximate surface area is 124 Å². The Morgan fingerprint density at radius 1 is 1.48 bits per heavy atom. The summed E-state index contributed by atoms with van der Waals surface area (Å²) in [5, 5.41) is 6.89. The van der Waals surface area contributed by atoms with Crippen molar-refractivity contribution in [3.63, 3.8) is 0 Å². The highest BCUT2D eigenvalue weighted by Crippen LogP contribution is 2.20. The van der Waals surface area contributed by atoms with Crippen LogP contribution in [0.2, 0.25) is 0 Å². The van der Waals surface area contributed by atoms with Gasteiger partial charge in [0.1, 0.15) is 11.5 Å². The minimum absolute atomic E-state index is 0.0177. The van der Waals surface area contributed by atoms with Crippen molar-refractivity contribution in [2.45, 2.75) is 46.7 Å². The number of aryl methyl sites for hydroxylation is 2. The zero-order valence-electron chi connectivity index (χ0n) is 12.9. The lowest BCUT2D eigenvalue weighted by molar-refractivity contribution is 0.0670. The molecular formula is C15H22N4O2. The number of aromatic nitrogens is 2. The summed E-state index contributed by atoms with van der Waals surface area (Å²) in [7, 11) is 0. The molecule has 0 unspecified atom stereocenters. The number of hydrogen-bond acceptors (Lipinski definition) is 4. The van der Waals surface area contributed by atoms with Gasteiger partial charge in [0.15, 0.2) is 5.69 Å². The molecule has 2 aromatic rings. The molecule has 0 bridgehead atoms. The molecule has 0 spiro atoms. The average molecular weight is 290 g/mol. The molecule has 3 N–H and O–H groups in total. The number of nitrogens with one attached hydrogen (secondary N) is 1. The summed E-state index contributed by atoms with van der Waals surface area (Å²) < 4.78 is 5.55. The van der Waals surface area contributed by atoms with E-state index in [4.69, 9.17) is 10.2 Å². The summed E-state index contributed by atoms with van der Waals surface area (Å²) in [4.78, 5) is 14.4. The van der Waals surface area contributed by atoms with Crippen LogP contribution in [0.15, 0.2) is 16.5 Å². The van der Waals surface area contributed by atoms with E-state index in [-0.39, 0.29) is 17.6 Å². The van der Waals surface area contributed by atoms with Crippen LogP contribution >= 0.6 is 0 Å². The quantitative estimate of drug-likeness (QED) is 0.885. The maximum Gasteiger partial charge on any atom is 0.277 e. The van der Waals surface area contributed by atoms with Gasteiger partial charge in [0.2, 0.25) is 0 Å². The highest BCUT2D eigenvalue weighted by atomic mass is 16.3. The predicted octanol–water partition coefficient (Wildman–Crippen LogP) is 2.51. The van der Waals surface area contributed by atoms with Gasteiger partial charge in [0.05, 0.1) is 17.9 Å². The Bertz CT molecular complexity index is 627. The van der Waals surface area contributed by atoms with Crippen molar-refractivity contribution in [2.24, 2.45) is 0 Å². The summed E-state index contributed by atoms with van der Waals surface area (Å²) in [5.41, 5.74) is 7.49. The van der Waals surface area contributed by atoms with Gasteiger partial charge in [-0.25, -0.2) is 0 Å². The van der Waals surface area contributed by atoms with Crippen LogP contribution in [0, 0.1) is 6.92 Å². The molecule has 0 fully saturated rings. The number of hydrogen-bond donors (Lipinski definition) is 2. The summed E-state index contributed by atoms with van der Waals surface area (Å²) in [5.74, 6) is 1.39. The molecule has 2 heterocycles. The number of H-pyrrole nitrogens is 1. The third-order valence-corrected chi connectivity index (χ3v) is 3.45. The number of amides is 1. The van der Waals surface area contributed by atoms with Gasteiger partial charge in [-0.05, 0) is 39.3 Å². The van der Waals surface area contributed by atoms with Crippen molar-refractivity contribution < 1.29 is 9.21 Å². The first-order valence-electron chi connectivity index (χ1n) is 7.13. The Balaban J connectivity index is 2.25. The molecule has 1 amide bonds. The lowest BCUT2D eigenvalue weighted by Crippen LogP contribution is -2.36. The Morgan fingerprint density at radius 3 is 2.67 bits per heavy atom. The van der Waals surface area contributed by atoms with Gasteiger partial charge in [0, 0.05) is 6.04 Å². The molecule has 0 aliphatic rings. The number of furan rings is 1. The second-order valence-corrected chi connectivity index (χ2v) is 5.36. The maximum atomic E-state index is 12.7. The zero-order valence-corrected chi connectivity index (χ0v) is 12.9. The number of anilines is 1. The molecule has 0 radical (unpaired) electrons. The molecule has 0 atom stereocenters. The SMILES string of the molecule is CCc1[nH]nc(C(=O)N(Cc2ccc(C)o2)C(C)C)c1N. The largest absolute Gasteiger partial charge is 0.464 e. The van der Waals surface area contributed by atoms with Gasteiger partial charge >= 0.3 is 0 Å². The fourth-order valence-corrected chi connectivity index (χ4v) is 2.18. The average Bonchev–Trinajstić information content (AvgIpc) is 3.01. The molecule has 0 saturated carbocycles. The highest BCUT2D eigenvalue weighted by molar-refractivity contribution is 5.97. The normalized spacial score (nSPS) is 11.1. The van der Waals surface area contributed by atoms with E-state index in [1.807, 2.05) is 39.8 Å². The van der Waals surface area contributed by atoms with E-state index in [9.17, 15) is 4.79 Å². The van der Waals surface area contributed by atoms with Crippen molar-refractivity contribution >= 4 is 11.6 Å². The monoisotopic (exact) mass is 290 g/mol. The van der Waals surface area contributed by atoms with Crippen molar-refractivity contribution in [3.8, 4) is 0 Å². The van der Waals surface area contributed by atoms with E-state index in [2.05, 4.69) is 10.2 Å². The maximum absolute atomic E-state index is 12.7. The van der Waals surface area contributed by atoms with Crippen LogP contribution in [0.3, 0.4) is 0 Å². The van der Waals surface area contributed by atoms with Crippen molar-refractivity contribution in [1.29, 1.82) is 0 Å². The van der Waals surface area contributed by atoms with Crippen LogP contribution in [0.5, 0.6) is 0 Å². The lowest BCUT2D eigenvalue weighted by atomic mass is 10.2. The molecule has 6 heteroatoms. The molecule has 114 valence electrons. The van der Waals surface area contributed by atoms with Crippen LogP contribution in [-0.2, 0) is 13.0 Å². The first-order chi connectivity index (χ1) is 9.93. The zero-order chi connectivity index (χ0) is 15.6. The van der Waals surface area contributed by atoms with Crippen LogP contribution < -0.4 is 5.73 Å². The van der Waals surface area contributed by atoms with E-state index >= 15 is 0 Å². The van der Waals surface area contributed by atoms with Gasteiger partial charge in [-0.2, -0.15) is 5.10 Å². The smallest absolute Gasteiger partial charge is 0.277 e. The predicted molar refractivity (Wildman–Crippen MR) is 80.8 cm³/mol. The summed E-state index contributed by atoms with van der Waals surface area (Å²) in [6.45, 7) is 8.15. The highest BCUT2D eigenvalue weighted by Gasteiger charge is 2.25. The minimum Gasteiger partial charge on any atom is -0.464 e. The van der Waals surface area contributed by atoms with Gasteiger partial charge in [-0.1, -0.05) is 6.92 Å². The van der Waals surface area contributed by atoms with Gasteiger partial charge < -0.3 is 15.1 Å². The van der Waals surface area contributed by atoms with Crippen LogP contribution in [0.25, 0.3) is 0 Å². The van der Waals surface area contributed by atoms with Crippen LogP contribution in [-0.4, -0.2) is 27.0 Å². The van der Waals surface area contributed by atoms with Crippen LogP contribution in [0.4, 0.5) is 5.69 Å². The number of carbonyl (C=O) groups excluding carboxylic acids is 1. The van der Waals surface area contributed by atoms with Crippen molar-refractivity contribution in [1.82, 2.24) is 15.1 Å². The standard InChI is InChI=1S/C15H22N4O2/c1-5-12-13(16)14(18-17-12)15(20)19(9(2)3)8-11-7-6-10(4)21-11/h6-7,9H,5,8,16H2,1-4H3,(H,17,18). The molecule has 0 aliphatic heterocycles. The number of nitrogen functional groups attached to an aromatic ring is 1. The molecule has 0 saturated heterocycles. The second kappa shape index (κ2) is 6.03. The van der Waals surface area contributed by atoms with E-state index in [0.29, 0.717) is 18.7 Å². The van der Waals surface area contributed by atoms with E-state index in [0.717, 1.165) is 17.2 Å². The van der Waals surface area contributed by atoms with Gasteiger partial charge in [-0.3, -0.25) is 9.89 Å². The number of nitrogens with zero attached hydrogens (tertiary/aromatic N) is 2. The fraction of sp³-hybridized carbons (Fsp3) is 0.467. The third-order valence-electron chi connectivity index (χ3n) is 3.45. The summed E-state index contributed by atoms with van der Waals surface area (Å²) in [6, 6.07) is 3.78. The molecule has 21 heavy (non-hydrogen) atoms. The molecule has 2 rings (SSSR count). The Kier molecular flexibility index (Phi) is 4.35. The van der Waals surface area contributed by atoms with E-state index < -0.39 is 0 Å². The first-order valence-corrected chi connectivity index (χ1v) is 7.13. The van der Waals surface area contributed by atoms with Crippen molar-refractivity contribution in [2.75, 3.05) is 5.73 Å². The number of aromatic amines is 1. The van der Waals surface area contributed by atoms with Gasteiger partial charge in [-0.15, -0.1) is 0 Å².